The van der Waals surface area contributed by atoms with Gasteiger partial charge in [-0.1, -0.05) is 24.3 Å². The average molecular weight is 258 g/mol. The van der Waals surface area contributed by atoms with E-state index in [0.29, 0.717) is 6.61 Å². The molecule has 2 aromatic rings. The molecule has 0 saturated carbocycles. The number of hydrogen-bond donors (Lipinski definition) is 1. The van der Waals surface area contributed by atoms with Crippen molar-refractivity contribution in [1.29, 1.82) is 0 Å². The van der Waals surface area contributed by atoms with Gasteiger partial charge in [0, 0.05) is 17.8 Å². The predicted molar refractivity (Wildman–Crippen MR) is 74.8 cm³/mol. The third-order valence-electron chi connectivity index (χ3n) is 3.09. The molecule has 0 saturated heterocycles. The number of nitrogens with zero attached hydrogens (tertiary/aromatic N) is 1. The molecule has 0 fully saturated rings. The van der Waals surface area contributed by atoms with Crippen LogP contribution in [0.2, 0.25) is 0 Å². The van der Waals surface area contributed by atoms with E-state index in [2.05, 4.69) is 17.1 Å². The van der Waals surface area contributed by atoms with Crippen LogP contribution in [0, 0.1) is 0 Å². The van der Waals surface area contributed by atoms with Crippen LogP contribution in [0.5, 0.6) is 0 Å². The van der Waals surface area contributed by atoms with Crippen molar-refractivity contribution in [3.05, 3.63) is 42.2 Å². The first-order valence-corrected chi connectivity index (χ1v) is 6.51. The van der Waals surface area contributed by atoms with Gasteiger partial charge >= 0.3 is 6.09 Å². The quantitative estimate of drug-likeness (QED) is 0.810. The Morgan fingerprint density at radius 2 is 2.00 bits per heavy atom. The van der Waals surface area contributed by atoms with Crippen LogP contribution in [0.25, 0.3) is 10.8 Å². The van der Waals surface area contributed by atoms with Gasteiger partial charge in [0.2, 0.25) is 0 Å². The highest BCUT2D eigenvalue weighted by Crippen LogP contribution is 2.18. The largest absolute Gasteiger partial charge is 0.450 e. The summed E-state index contributed by atoms with van der Waals surface area (Å²) in [5.74, 6) is 0. The second kappa shape index (κ2) is 6.73. The number of carbonyl (C=O) groups excluding carboxylic acids is 1. The summed E-state index contributed by atoms with van der Waals surface area (Å²) in [6, 6.07) is 8.27. The molecule has 0 bridgehead atoms. The molecule has 0 unspecified atom stereocenters. The first-order chi connectivity index (χ1) is 9.27. The summed E-state index contributed by atoms with van der Waals surface area (Å²) >= 11 is 0. The summed E-state index contributed by atoms with van der Waals surface area (Å²) in [4.78, 5) is 14.7. The summed E-state index contributed by atoms with van der Waals surface area (Å²) in [6.45, 7) is 0.406. The van der Waals surface area contributed by atoms with Gasteiger partial charge in [0.1, 0.15) is 0 Å². The molecule has 0 spiro atoms. The Labute approximate surface area is 112 Å². The number of hydrogen-bond acceptors (Lipinski definition) is 3. The van der Waals surface area contributed by atoms with Gasteiger partial charge in [-0.15, -0.1) is 0 Å². The summed E-state index contributed by atoms with van der Waals surface area (Å²) in [5, 5.41) is 2.45. The zero-order valence-electron chi connectivity index (χ0n) is 10.8. The Morgan fingerprint density at radius 3 is 2.84 bits per heavy atom. The third kappa shape index (κ3) is 3.95. The zero-order chi connectivity index (χ0) is 13.5. The Hall–Kier alpha value is -2.10. The molecule has 0 aliphatic carbocycles. The van der Waals surface area contributed by atoms with Crippen LogP contribution in [-0.2, 0) is 11.2 Å². The maximum atomic E-state index is 10.4. The minimum absolute atomic E-state index is 0.406. The summed E-state index contributed by atoms with van der Waals surface area (Å²) in [6.07, 6.45) is 7.03. The van der Waals surface area contributed by atoms with Gasteiger partial charge in [0.25, 0.3) is 0 Å². The number of aromatic nitrogens is 1. The van der Waals surface area contributed by atoms with Crippen molar-refractivity contribution in [2.75, 3.05) is 6.61 Å². The molecule has 19 heavy (non-hydrogen) atoms. The fraction of sp³-hybridized carbons (Fsp3) is 0.333. The molecule has 4 nitrogen and oxygen atoms in total. The van der Waals surface area contributed by atoms with Crippen LogP contribution in [0.1, 0.15) is 24.8 Å². The predicted octanol–water partition coefficient (Wildman–Crippen LogP) is 3.04. The molecular weight excluding hydrogens is 240 g/mol. The SMILES string of the molecule is NC(=O)OCCCCCc1cncc2ccccc12. The fourth-order valence-corrected chi connectivity index (χ4v) is 2.15. The van der Waals surface area contributed by atoms with E-state index in [4.69, 9.17) is 10.5 Å². The number of amides is 1. The molecule has 2 rings (SSSR count). The van der Waals surface area contributed by atoms with E-state index >= 15 is 0 Å². The first kappa shape index (κ1) is 13.3. The Balaban J connectivity index is 1.83. The molecule has 4 heteroatoms. The van der Waals surface area contributed by atoms with Gasteiger partial charge in [-0.05, 0) is 36.6 Å². The standard InChI is InChI=1S/C15H18N2O2/c16-15(18)19-9-5-1-2-6-12-10-17-11-13-7-3-4-8-14(12)13/h3-4,7-8,10-11H,1-2,5-6,9H2,(H2,16,18). The van der Waals surface area contributed by atoms with Gasteiger partial charge in [-0.25, -0.2) is 4.79 Å². The average Bonchev–Trinajstić information content (AvgIpc) is 2.42. The highest BCUT2D eigenvalue weighted by Gasteiger charge is 2.01. The van der Waals surface area contributed by atoms with Crippen molar-refractivity contribution in [2.24, 2.45) is 5.73 Å². The highest BCUT2D eigenvalue weighted by molar-refractivity contribution is 5.84. The number of unbranched alkanes of at least 4 members (excludes halogenated alkanes) is 2. The second-order valence-electron chi connectivity index (χ2n) is 4.50. The lowest BCUT2D eigenvalue weighted by molar-refractivity contribution is 0.154. The molecule has 0 radical (unpaired) electrons. The molecule has 0 aliphatic heterocycles. The van der Waals surface area contributed by atoms with Crippen molar-refractivity contribution >= 4 is 16.9 Å². The highest BCUT2D eigenvalue weighted by atomic mass is 16.5. The molecule has 1 heterocycles. The van der Waals surface area contributed by atoms with Crippen LogP contribution in [0.15, 0.2) is 36.7 Å². The number of carbonyl (C=O) groups is 1. The van der Waals surface area contributed by atoms with Crippen LogP contribution >= 0.6 is 0 Å². The topological polar surface area (TPSA) is 65.2 Å². The molecule has 2 N–H and O–H groups in total. The number of benzene rings is 1. The minimum atomic E-state index is -0.696. The molecule has 1 amide bonds. The lowest BCUT2D eigenvalue weighted by atomic mass is 10.0. The van der Waals surface area contributed by atoms with Crippen molar-refractivity contribution in [1.82, 2.24) is 4.98 Å². The maximum Gasteiger partial charge on any atom is 0.404 e. The summed E-state index contributed by atoms with van der Waals surface area (Å²) in [7, 11) is 0. The Kier molecular flexibility index (Phi) is 4.72. The first-order valence-electron chi connectivity index (χ1n) is 6.51. The van der Waals surface area contributed by atoms with E-state index in [9.17, 15) is 4.79 Å². The Morgan fingerprint density at radius 1 is 1.16 bits per heavy atom. The molecule has 1 aromatic carbocycles. The van der Waals surface area contributed by atoms with Crippen LogP contribution < -0.4 is 5.73 Å². The van der Waals surface area contributed by atoms with Crippen molar-refractivity contribution in [2.45, 2.75) is 25.7 Å². The second-order valence-corrected chi connectivity index (χ2v) is 4.50. The van der Waals surface area contributed by atoms with Gasteiger partial charge in [-0.3, -0.25) is 4.98 Å². The van der Waals surface area contributed by atoms with Crippen LogP contribution in [0.4, 0.5) is 4.79 Å². The zero-order valence-corrected chi connectivity index (χ0v) is 10.8. The van der Waals surface area contributed by atoms with Gasteiger partial charge in [0.05, 0.1) is 6.61 Å². The van der Waals surface area contributed by atoms with Gasteiger partial charge < -0.3 is 10.5 Å². The number of rotatable bonds is 6. The monoisotopic (exact) mass is 258 g/mol. The smallest absolute Gasteiger partial charge is 0.404 e. The van der Waals surface area contributed by atoms with E-state index in [0.717, 1.165) is 25.7 Å². The molecule has 100 valence electrons. The van der Waals surface area contributed by atoms with Gasteiger partial charge in [0.15, 0.2) is 0 Å². The number of fused-ring (bicyclic) bond motifs is 1. The molecule has 0 aliphatic rings. The molecular formula is C15H18N2O2. The van der Waals surface area contributed by atoms with Crippen molar-refractivity contribution < 1.29 is 9.53 Å². The van der Waals surface area contributed by atoms with E-state index < -0.39 is 6.09 Å². The van der Waals surface area contributed by atoms with E-state index in [1.54, 1.807) is 0 Å². The van der Waals surface area contributed by atoms with Crippen molar-refractivity contribution in [3.8, 4) is 0 Å². The van der Waals surface area contributed by atoms with Crippen LogP contribution in [0.3, 0.4) is 0 Å². The molecule has 1 aromatic heterocycles. The summed E-state index contributed by atoms with van der Waals surface area (Å²) < 4.78 is 4.69. The van der Waals surface area contributed by atoms with E-state index in [-0.39, 0.29) is 0 Å². The summed E-state index contributed by atoms with van der Waals surface area (Å²) in [5.41, 5.74) is 6.16. The number of primary amides is 1. The normalized spacial score (nSPS) is 10.5. The fourth-order valence-electron chi connectivity index (χ4n) is 2.15. The molecule has 0 atom stereocenters. The lowest BCUT2D eigenvalue weighted by Gasteiger charge is -2.06. The number of ether oxygens (including phenoxy) is 1. The number of aryl methyl sites for hydroxylation is 1. The maximum absolute atomic E-state index is 10.4. The van der Waals surface area contributed by atoms with Crippen LogP contribution in [-0.4, -0.2) is 17.7 Å². The van der Waals surface area contributed by atoms with E-state index in [1.165, 1.54) is 16.3 Å². The van der Waals surface area contributed by atoms with Crippen molar-refractivity contribution in [3.63, 3.8) is 0 Å². The Bertz CT molecular complexity index is 549. The number of pyridine rings is 1. The van der Waals surface area contributed by atoms with Gasteiger partial charge in [-0.2, -0.15) is 0 Å². The number of nitrogens with two attached hydrogens (primary N) is 1. The third-order valence-corrected chi connectivity index (χ3v) is 3.09. The van der Waals surface area contributed by atoms with E-state index in [1.807, 2.05) is 24.5 Å². The minimum Gasteiger partial charge on any atom is -0.450 e. The lowest BCUT2D eigenvalue weighted by Crippen LogP contribution is -2.13.